The second-order valence-electron chi connectivity index (χ2n) is 10.9. The number of Topliss-reactive ketones (excluding diaryl/α,β-unsaturated/α-hetero) is 1. The molecule has 0 saturated carbocycles. The number of hydrogen-bond acceptors (Lipinski definition) is 7. The Bertz CT molecular complexity index is 1470. The van der Waals surface area contributed by atoms with Crippen LogP contribution in [0.4, 0.5) is 0 Å². The summed E-state index contributed by atoms with van der Waals surface area (Å²) in [4.78, 5) is 32.6. The van der Waals surface area contributed by atoms with E-state index in [-0.39, 0.29) is 24.0 Å². The summed E-state index contributed by atoms with van der Waals surface area (Å²) in [5.74, 6) is 0.735. The first-order valence-corrected chi connectivity index (χ1v) is 14.1. The van der Waals surface area contributed by atoms with E-state index in [1.54, 1.807) is 48.8 Å². The summed E-state index contributed by atoms with van der Waals surface area (Å²) in [5.41, 5.74) is 2.90. The first-order chi connectivity index (χ1) is 19.8. The Kier molecular flexibility index (Phi) is 8.28. The molecule has 1 aromatic heterocycles. The maximum atomic E-state index is 13.6. The highest BCUT2D eigenvalue weighted by molar-refractivity contribution is 6.46. The second kappa shape index (κ2) is 12.0. The van der Waals surface area contributed by atoms with Crippen LogP contribution in [-0.4, -0.2) is 46.0 Å². The van der Waals surface area contributed by atoms with Crippen LogP contribution in [0, 0.1) is 5.92 Å². The lowest BCUT2D eigenvalue weighted by Gasteiger charge is -2.26. The molecule has 2 atom stereocenters. The maximum absolute atomic E-state index is 13.6. The van der Waals surface area contributed by atoms with Gasteiger partial charge in [-0.1, -0.05) is 19.9 Å². The van der Waals surface area contributed by atoms with E-state index in [0.717, 1.165) is 23.3 Å². The van der Waals surface area contributed by atoms with Gasteiger partial charge in [-0.05, 0) is 85.3 Å². The number of carbonyl (C=O) groups excluding carboxylic acids is 2. The molecule has 2 aliphatic heterocycles. The molecule has 8 heteroatoms. The fraction of sp³-hybridized carbons (Fsp3) is 0.364. The number of nitrogens with zero attached hydrogens (tertiary/aromatic N) is 2. The zero-order chi connectivity index (χ0) is 29.1. The Morgan fingerprint density at radius 2 is 1.85 bits per heavy atom. The smallest absolute Gasteiger partial charge is 0.295 e. The highest BCUT2D eigenvalue weighted by Crippen LogP contribution is 2.43. The van der Waals surface area contributed by atoms with E-state index in [1.807, 2.05) is 26.0 Å². The van der Waals surface area contributed by atoms with Gasteiger partial charge in [0.05, 0.1) is 24.8 Å². The van der Waals surface area contributed by atoms with Crippen LogP contribution >= 0.6 is 0 Å². The maximum Gasteiger partial charge on any atom is 0.295 e. The largest absolute Gasteiger partial charge is 0.507 e. The van der Waals surface area contributed by atoms with Gasteiger partial charge in [-0.25, -0.2) is 0 Å². The lowest BCUT2D eigenvalue weighted by Crippen LogP contribution is -2.29. The third-order valence-corrected chi connectivity index (χ3v) is 7.35. The predicted molar refractivity (Wildman–Crippen MR) is 155 cm³/mol. The van der Waals surface area contributed by atoms with Crippen LogP contribution < -0.4 is 14.2 Å². The molecule has 5 rings (SSSR count). The second-order valence-corrected chi connectivity index (χ2v) is 10.9. The molecular weight excluding hydrogens is 520 g/mol. The molecule has 2 aromatic carbocycles. The van der Waals surface area contributed by atoms with Crippen LogP contribution in [0.5, 0.6) is 17.2 Å². The zero-order valence-corrected chi connectivity index (χ0v) is 23.9. The lowest BCUT2D eigenvalue weighted by molar-refractivity contribution is -0.140. The number of pyridine rings is 1. The van der Waals surface area contributed by atoms with E-state index >= 15 is 0 Å². The standard InChI is InChI=1S/C33H36N2O6/c1-5-39-28-18-23(6-9-27(28)40-15-12-20(2)3)30-29(31(36)24-7-8-26-25(17-24)16-21(4)41-26)32(37)33(38)35(30)19-22-10-13-34-14-11-22/h6-11,13-14,17-18,20-21,30,36H,5,12,15-16,19H2,1-4H3/t21-,30+/m1/s1. The molecule has 0 spiro atoms. The molecule has 8 nitrogen and oxygen atoms in total. The molecule has 1 saturated heterocycles. The van der Waals surface area contributed by atoms with Gasteiger partial charge in [0.25, 0.3) is 11.7 Å². The molecule has 214 valence electrons. The summed E-state index contributed by atoms with van der Waals surface area (Å²) in [5, 5.41) is 11.6. The van der Waals surface area contributed by atoms with Crippen molar-refractivity contribution in [1.29, 1.82) is 0 Å². The Hall–Kier alpha value is -4.33. The van der Waals surface area contributed by atoms with Gasteiger partial charge < -0.3 is 24.2 Å². The summed E-state index contributed by atoms with van der Waals surface area (Å²) >= 11 is 0. The zero-order valence-electron chi connectivity index (χ0n) is 23.9. The molecule has 1 N–H and O–H groups in total. The van der Waals surface area contributed by atoms with Crippen molar-refractivity contribution < 1.29 is 28.9 Å². The van der Waals surface area contributed by atoms with Crippen LogP contribution in [0.25, 0.3) is 5.76 Å². The third-order valence-electron chi connectivity index (χ3n) is 7.35. The number of likely N-dealkylation sites (tertiary alicyclic amines) is 1. The van der Waals surface area contributed by atoms with Crippen LogP contribution in [0.2, 0.25) is 0 Å². The number of carbonyl (C=O) groups is 2. The van der Waals surface area contributed by atoms with Crippen molar-refractivity contribution >= 4 is 17.4 Å². The first-order valence-electron chi connectivity index (χ1n) is 14.1. The van der Waals surface area contributed by atoms with Crippen LogP contribution in [0.1, 0.15) is 62.4 Å². The number of hydrogen-bond donors (Lipinski definition) is 1. The summed E-state index contributed by atoms with van der Waals surface area (Å²) in [7, 11) is 0. The number of aromatic nitrogens is 1. The van der Waals surface area contributed by atoms with Gasteiger partial charge in [-0.2, -0.15) is 0 Å². The van der Waals surface area contributed by atoms with Crippen molar-refractivity contribution in [2.24, 2.45) is 5.92 Å². The Balaban J connectivity index is 1.60. The van der Waals surface area contributed by atoms with Crippen molar-refractivity contribution in [3.05, 3.63) is 88.8 Å². The number of fused-ring (bicyclic) bond motifs is 1. The van der Waals surface area contributed by atoms with Crippen molar-refractivity contribution in [3.63, 3.8) is 0 Å². The minimum atomic E-state index is -0.837. The molecule has 0 bridgehead atoms. The van der Waals surface area contributed by atoms with Crippen molar-refractivity contribution in [2.75, 3.05) is 13.2 Å². The molecular formula is C33H36N2O6. The van der Waals surface area contributed by atoms with Crippen LogP contribution in [-0.2, 0) is 22.6 Å². The lowest BCUT2D eigenvalue weighted by atomic mass is 9.94. The van der Waals surface area contributed by atoms with Gasteiger partial charge >= 0.3 is 0 Å². The van der Waals surface area contributed by atoms with Crippen molar-refractivity contribution in [2.45, 2.75) is 59.2 Å². The third kappa shape index (κ3) is 5.92. The van der Waals surface area contributed by atoms with Crippen molar-refractivity contribution in [1.82, 2.24) is 9.88 Å². The van der Waals surface area contributed by atoms with Gasteiger partial charge in [0.15, 0.2) is 11.5 Å². The minimum Gasteiger partial charge on any atom is -0.507 e. The molecule has 3 heterocycles. The molecule has 41 heavy (non-hydrogen) atoms. The number of amides is 1. The SMILES string of the molecule is CCOc1cc([C@H]2C(=C(O)c3ccc4c(c3)C[C@@H](C)O4)C(=O)C(=O)N2Cc2ccncc2)ccc1OCCC(C)C. The summed E-state index contributed by atoms with van der Waals surface area (Å²) in [6, 6.07) is 13.6. The summed E-state index contributed by atoms with van der Waals surface area (Å²) in [6.07, 6.45) is 4.92. The summed E-state index contributed by atoms with van der Waals surface area (Å²) in [6.45, 7) is 9.26. The van der Waals surface area contributed by atoms with Gasteiger partial charge in [-0.15, -0.1) is 0 Å². The average Bonchev–Trinajstić information content (AvgIpc) is 3.45. The van der Waals surface area contributed by atoms with Gasteiger partial charge in [0.1, 0.15) is 17.6 Å². The topological polar surface area (TPSA) is 98.2 Å². The predicted octanol–water partition coefficient (Wildman–Crippen LogP) is 5.85. The van der Waals surface area contributed by atoms with Crippen LogP contribution in [0.15, 0.2) is 66.5 Å². The van der Waals surface area contributed by atoms with E-state index in [0.29, 0.717) is 48.2 Å². The number of ketones is 1. The molecule has 1 amide bonds. The van der Waals surface area contributed by atoms with Gasteiger partial charge in [-0.3, -0.25) is 14.6 Å². The number of aliphatic hydroxyl groups is 1. The van der Waals surface area contributed by atoms with E-state index < -0.39 is 17.7 Å². The van der Waals surface area contributed by atoms with E-state index in [4.69, 9.17) is 14.2 Å². The van der Waals surface area contributed by atoms with E-state index in [1.165, 1.54) is 4.90 Å². The van der Waals surface area contributed by atoms with Crippen LogP contribution in [0.3, 0.4) is 0 Å². The van der Waals surface area contributed by atoms with Gasteiger partial charge in [0.2, 0.25) is 0 Å². The highest BCUT2D eigenvalue weighted by Gasteiger charge is 2.46. The molecule has 0 aliphatic carbocycles. The number of ether oxygens (including phenoxy) is 3. The Labute approximate surface area is 240 Å². The van der Waals surface area contributed by atoms with E-state index in [9.17, 15) is 14.7 Å². The van der Waals surface area contributed by atoms with Gasteiger partial charge in [0, 0.05) is 30.9 Å². The Morgan fingerprint density at radius 1 is 1.07 bits per heavy atom. The normalized spacial score (nSPS) is 19.4. The van der Waals surface area contributed by atoms with Crippen molar-refractivity contribution in [3.8, 4) is 17.2 Å². The van der Waals surface area contributed by atoms with E-state index in [2.05, 4.69) is 18.8 Å². The highest BCUT2D eigenvalue weighted by atomic mass is 16.5. The molecule has 0 radical (unpaired) electrons. The average molecular weight is 557 g/mol. The number of benzene rings is 2. The fourth-order valence-electron chi connectivity index (χ4n) is 5.29. The number of aliphatic hydroxyl groups excluding tert-OH is 1. The number of rotatable bonds is 10. The monoisotopic (exact) mass is 556 g/mol. The Morgan fingerprint density at radius 3 is 2.59 bits per heavy atom. The quantitative estimate of drug-likeness (QED) is 0.190. The molecule has 1 fully saturated rings. The minimum absolute atomic E-state index is 0.0339. The molecule has 3 aromatic rings. The summed E-state index contributed by atoms with van der Waals surface area (Å²) < 4.78 is 17.8. The first kappa shape index (κ1) is 28.2. The molecule has 2 aliphatic rings. The molecule has 0 unspecified atom stereocenters. The fourth-order valence-corrected chi connectivity index (χ4v) is 5.29.